The Hall–Kier alpha value is -2.49. The number of nitrogens with zero attached hydrogens (tertiary/aromatic N) is 3. The number of hydrogen-bond acceptors (Lipinski definition) is 7. The smallest absolute Gasteiger partial charge is 0.416 e. The van der Waals surface area contributed by atoms with Gasteiger partial charge in [0.15, 0.2) is 6.29 Å². The van der Waals surface area contributed by atoms with E-state index in [1.807, 2.05) is 32.9 Å². The normalized spacial score (nSPS) is 23.5. The summed E-state index contributed by atoms with van der Waals surface area (Å²) in [6.45, 7) is 9.20. The molecule has 9 nitrogen and oxygen atoms in total. The lowest BCUT2D eigenvalue weighted by molar-refractivity contribution is -0.198. The zero-order chi connectivity index (χ0) is 27.7. The Morgan fingerprint density at radius 2 is 1.87 bits per heavy atom. The molecule has 9 heteroatoms. The maximum absolute atomic E-state index is 13.3. The van der Waals surface area contributed by atoms with E-state index in [9.17, 15) is 9.59 Å². The molecule has 1 aromatic rings. The molecule has 39 heavy (non-hydrogen) atoms. The number of carbonyl (C=O) groups excluding carboxylic acids is 2. The highest BCUT2D eigenvalue weighted by Crippen LogP contribution is 2.28. The van der Waals surface area contributed by atoms with Crippen molar-refractivity contribution in [2.75, 3.05) is 31.1 Å². The van der Waals surface area contributed by atoms with Gasteiger partial charge < -0.3 is 14.4 Å². The summed E-state index contributed by atoms with van der Waals surface area (Å²) in [5.74, 6) is 0.941. The van der Waals surface area contributed by atoms with Crippen molar-refractivity contribution in [2.45, 2.75) is 103 Å². The molecule has 0 radical (unpaired) electrons. The molecule has 0 bridgehead atoms. The lowest BCUT2D eigenvalue weighted by Gasteiger charge is -2.31. The van der Waals surface area contributed by atoms with Crippen LogP contribution in [0.4, 0.5) is 10.6 Å². The quantitative estimate of drug-likeness (QED) is 0.265. The lowest BCUT2D eigenvalue weighted by Crippen LogP contribution is -2.45. The first-order chi connectivity index (χ1) is 18.8. The van der Waals surface area contributed by atoms with Crippen LogP contribution in [0.25, 0.3) is 6.08 Å². The fourth-order valence-electron chi connectivity index (χ4n) is 5.61. The van der Waals surface area contributed by atoms with Crippen molar-refractivity contribution in [3.05, 3.63) is 30.0 Å². The van der Waals surface area contributed by atoms with E-state index < -0.39 is 11.9 Å². The summed E-state index contributed by atoms with van der Waals surface area (Å²) in [5.41, 5.74) is 2.56. The first-order valence-corrected chi connectivity index (χ1v) is 14.7. The van der Waals surface area contributed by atoms with Crippen molar-refractivity contribution in [1.29, 1.82) is 0 Å². The van der Waals surface area contributed by atoms with Crippen LogP contribution in [-0.4, -0.2) is 66.1 Å². The van der Waals surface area contributed by atoms with Crippen LogP contribution in [0.5, 0.6) is 0 Å². The van der Waals surface area contributed by atoms with Gasteiger partial charge in [0.05, 0.1) is 6.04 Å². The molecule has 1 N–H and O–H groups in total. The first-order valence-electron chi connectivity index (χ1n) is 14.7. The van der Waals surface area contributed by atoms with Crippen LogP contribution in [0.3, 0.4) is 0 Å². The number of anilines is 1. The predicted molar refractivity (Wildman–Crippen MR) is 151 cm³/mol. The molecule has 2 aliphatic heterocycles. The third kappa shape index (κ3) is 9.58. The molecule has 216 valence electrons. The van der Waals surface area contributed by atoms with Crippen LogP contribution in [0.15, 0.2) is 24.4 Å². The minimum absolute atomic E-state index is 0.00412. The second-order valence-electron chi connectivity index (χ2n) is 12.1. The Labute approximate surface area is 233 Å². The SMILES string of the molecule is CC(C)(C)OC(=O)N(c1ccc(/C=C/C(=O)NOC2CCCCO2)cn1)[C@@H]1CCN(CC2CCCCCC2)C1. The molecule has 2 amide bonds. The zero-order valence-corrected chi connectivity index (χ0v) is 23.9. The molecule has 2 atom stereocenters. The molecular weight excluding hydrogens is 496 g/mol. The molecule has 0 aromatic carbocycles. The molecule has 1 saturated carbocycles. The number of rotatable bonds is 8. The molecular formula is C30H46N4O5. The third-order valence-corrected chi connectivity index (χ3v) is 7.57. The summed E-state index contributed by atoms with van der Waals surface area (Å²) in [6, 6.07) is 3.68. The van der Waals surface area contributed by atoms with Crippen LogP contribution >= 0.6 is 0 Å². The van der Waals surface area contributed by atoms with Gasteiger partial charge >= 0.3 is 6.09 Å². The summed E-state index contributed by atoms with van der Waals surface area (Å²) in [7, 11) is 0. The molecule has 3 heterocycles. The summed E-state index contributed by atoms with van der Waals surface area (Å²) in [6.07, 6.45) is 15.7. The van der Waals surface area contributed by atoms with E-state index in [-0.39, 0.29) is 18.0 Å². The fraction of sp³-hybridized carbons (Fsp3) is 0.700. The molecule has 3 aliphatic rings. The van der Waals surface area contributed by atoms with Gasteiger partial charge in [-0.3, -0.25) is 9.69 Å². The molecule has 2 saturated heterocycles. The second-order valence-corrected chi connectivity index (χ2v) is 12.1. The number of hydrogen-bond donors (Lipinski definition) is 1. The van der Waals surface area contributed by atoms with Crippen molar-refractivity contribution in [1.82, 2.24) is 15.4 Å². The van der Waals surface area contributed by atoms with Crippen LogP contribution < -0.4 is 10.4 Å². The van der Waals surface area contributed by atoms with E-state index >= 15 is 0 Å². The van der Waals surface area contributed by atoms with E-state index in [2.05, 4.69) is 15.4 Å². The van der Waals surface area contributed by atoms with Crippen LogP contribution in [0, 0.1) is 5.92 Å². The number of likely N-dealkylation sites (tertiary alicyclic amines) is 1. The van der Waals surface area contributed by atoms with Gasteiger partial charge in [0.25, 0.3) is 5.91 Å². The largest absolute Gasteiger partial charge is 0.443 e. The van der Waals surface area contributed by atoms with Crippen molar-refractivity contribution in [3.63, 3.8) is 0 Å². The minimum Gasteiger partial charge on any atom is -0.443 e. The van der Waals surface area contributed by atoms with Gasteiger partial charge in [0.2, 0.25) is 0 Å². The topological polar surface area (TPSA) is 93.2 Å². The van der Waals surface area contributed by atoms with Gasteiger partial charge in [-0.2, -0.15) is 0 Å². The van der Waals surface area contributed by atoms with Crippen molar-refractivity contribution in [2.24, 2.45) is 5.92 Å². The standard InChI is InChI=1S/C30H46N4O5/c1-30(2,3)38-29(36)34(25-17-18-33(22-25)21-24-10-6-4-5-7-11-24)26-15-13-23(20-31-26)14-16-27(35)32-39-28-12-8-9-19-37-28/h13-16,20,24-25,28H,4-12,17-19,21-22H2,1-3H3,(H,32,35)/b16-14+/t25-,28?/m1/s1. The van der Waals surface area contributed by atoms with E-state index in [1.165, 1.54) is 44.6 Å². The highest BCUT2D eigenvalue weighted by molar-refractivity contribution is 5.91. The highest BCUT2D eigenvalue weighted by atomic mass is 16.8. The van der Waals surface area contributed by atoms with Gasteiger partial charge in [-0.05, 0) is 82.6 Å². The summed E-state index contributed by atoms with van der Waals surface area (Å²) in [4.78, 5) is 39.6. The molecule has 4 rings (SSSR count). The van der Waals surface area contributed by atoms with Crippen molar-refractivity contribution >= 4 is 23.9 Å². The Kier molecular flexibility index (Phi) is 10.8. The second kappa shape index (κ2) is 14.2. The molecule has 1 unspecified atom stereocenters. The molecule has 1 aromatic heterocycles. The van der Waals surface area contributed by atoms with Gasteiger partial charge in [-0.15, -0.1) is 0 Å². The average molecular weight is 543 g/mol. The summed E-state index contributed by atoms with van der Waals surface area (Å²) >= 11 is 0. The summed E-state index contributed by atoms with van der Waals surface area (Å²) in [5, 5.41) is 0. The molecule has 3 fully saturated rings. The number of carbonyl (C=O) groups is 2. The number of nitrogens with one attached hydrogen (secondary N) is 1. The van der Waals surface area contributed by atoms with Gasteiger partial charge in [0, 0.05) is 44.9 Å². The Balaban J connectivity index is 1.37. The van der Waals surface area contributed by atoms with Gasteiger partial charge in [0.1, 0.15) is 11.4 Å². The van der Waals surface area contributed by atoms with Crippen molar-refractivity contribution in [3.8, 4) is 0 Å². The molecule has 0 spiro atoms. The number of amides is 2. The van der Waals surface area contributed by atoms with Gasteiger partial charge in [-0.25, -0.2) is 20.1 Å². The monoisotopic (exact) mass is 542 g/mol. The zero-order valence-electron chi connectivity index (χ0n) is 23.9. The summed E-state index contributed by atoms with van der Waals surface area (Å²) < 4.78 is 11.2. The maximum Gasteiger partial charge on any atom is 0.416 e. The van der Waals surface area contributed by atoms with Crippen LogP contribution in [0.2, 0.25) is 0 Å². The Bertz CT molecular complexity index is 947. The van der Waals surface area contributed by atoms with Gasteiger partial charge in [-0.1, -0.05) is 25.7 Å². The average Bonchev–Trinajstić information content (AvgIpc) is 3.19. The number of aromatic nitrogens is 1. The Morgan fingerprint density at radius 1 is 1.10 bits per heavy atom. The van der Waals surface area contributed by atoms with E-state index in [0.717, 1.165) is 56.8 Å². The minimum atomic E-state index is -0.602. The number of ether oxygens (including phenoxy) is 2. The van der Waals surface area contributed by atoms with Crippen LogP contribution in [-0.2, 0) is 19.1 Å². The fourth-order valence-corrected chi connectivity index (χ4v) is 5.61. The van der Waals surface area contributed by atoms with E-state index in [0.29, 0.717) is 12.4 Å². The predicted octanol–water partition coefficient (Wildman–Crippen LogP) is 5.46. The first kappa shape index (κ1) is 29.5. The lowest BCUT2D eigenvalue weighted by atomic mass is 10.00. The number of hydroxylamine groups is 1. The Morgan fingerprint density at radius 3 is 2.54 bits per heavy atom. The molecule has 1 aliphatic carbocycles. The highest BCUT2D eigenvalue weighted by Gasteiger charge is 2.35. The van der Waals surface area contributed by atoms with E-state index in [1.54, 1.807) is 17.2 Å². The van der Waals surface area contributed by atoms with Crippen molar-refractivity contribution < 1.29 is 23.9 Å². The number of pyridine rings is 1. The maximum atomic E-state index is 13.3. The van der Waals surface area contributed by atoms with Crippen LogP contribution in [0.1, 0.15) is 90.5 Å². The third-order valence-electron chi connectivity index (χ3n) is 7.57. The van der Waals surface area contributed by atoms with E-state index in [4.69, 9.17) is 14.3 Å².